The number of sulfonamides is 1. The van der Waals surface area contributed by atoms with Gasteiger partial charge in [0.1, 0.15) is 30.5 Å². The largest absolute Gasteiger partial charge is 0.416 e. The molecule has 23 heteroatoms. The summed E-state index contributed by atoms with van der Waals surface area (Å²) >= 11 is 0. The Morgan fingerprint density at radius 1 is 0.754 bits per heavy atom. The van der Waals surface area contributed by atoms with Gasteiger partial charge in [-0.05, 0) is 42.8 Å². The van der Waals surface area contributed by atoms with Crippen LogP contribution >= 0.6 is 0 Å². The van der Waals surface area contributed by atoms with Crippen molar-refractivity contribution in [1.29, 1.82) is 0 Å². The van der Waals surface area contributed by atoms with Crippen LogP contribution in [0.5, 0.6) is 0 Å². The van der Waals surface area contributed by atoms with E-state index in [4.69, 9.17) is 14.2 Å². The first-order valence-electron chi connectivity index (χ1n) is 19.8. The summed E-state index contributed by atoms with van der Waals surface area (Å²) in [6, 6.07) is 0.0365. The van der Waals surface area contributed by atoms with E-state index in [1.54, 1.807) is 0 Å². The van der Waals surface area contributed by atoms with Crippen LogP contribution in [-0.4, -0.2) is 121 Å². The first-order valence-corrected chi connectivity index (χ1v) is 21.4. The van der Waals surface area contributed by atoms with E-state index in [9.17, 15) is 64.8 Å². The van der Waals surface area contributed by atoms with Gasteiger partial charge in [0.2, 0.25) is 10.0 Å². The highest BCUT2D eigenvalue weighted by atomic mass is 32.2. The van der Waals surface area contributed by atoms with E-state index in [1.165, 1.54) is 6.07 Å². The molecular formula is C38H53F6N5O11S. The molecule has 2 saturated heterocycles. The maximum Gasteiger partial charge on any atom is 0.416 e. The van der Waals surface area contributed by atoms with Gasteiger partial charge in [-0.25, -0.2) is 22.7 Å². The third kappa shape index (κ3) is 14.9. The lowest BCUT2D eigenvalue weighted by Gasteiger charge is -2.47. The number of benzene rings is 2. The van der Waals surface area contributed by atoms with Crippen molar-refractivity contribution in [3.05, 3.63) is 59.7 Å². The van der Waals surface area contributed by atoms with Gasteiger partial charge in [0.25, 0.3) is 0 Å². The second-order valence-corrected chi connectivity index (χ2v) is 16.7. The SMILES string of the molecule is CCCCCCCCCCS(=O)(=O)N[C@H]1C(CO)OCC(NC(=O)Nc2cccc(C(F)(F)F)c2)[C@H]1O[C@@H]1OC(CO)[C@@H](O)[C@H](O)C1NC(=O)Nc1cccc(C(F)(F)F)c1. The van der Waals surface area contributed by atoms with Crippen molar-refractivity contribution in [2.75, 3.05) is 36.2 Å². The molecule has 0 aromatic heterocycles. The van der Waals surface area contributed by atoms with Gasteiger partial charge in [-0.2, -0.15) is 26.3 Å². The molecule has 0 radical (unpaired) electrons. The van der Waals surface area contributed by atoms with Gasteiger partial charge in [-0.15, -0.1) is 0 Å². The predicted octanol–water partition coefficient (Wildman–Crippen LogP) is 4.05. The van der Waals surface area contributed by atoms with Crippen molar-refractivity contribution in [2.24, 2.45) is 0 Å². The summed E-state index contributed by atoms with van der Waals surface area (Å²) in [5.41, 5.74) is -2.79. The lowest BCUT2D eigenvalue weighted by atomic mass is 9.94. The fourth-order valence-corrected chi connectivity index (χ4v) is 8.30. The van der Waals surface area contributed by atoms with Gasteiger partial charge in [-0.1, -0.05) is 64.0 Å². The first kappa shape index (κ1) is 49.8. The third-order valence-electron chi connectivity index (χ3n) is 10.1. The molecule has 4 unspecified atom stereocenters. The number of nitrogens with one attached hydrogen (secondary N) is 5. The van der Waals surface area contributed by atoms with Crippen LogP contribution in [0, 0.1) is 0 Å². The number of rotatable bonds is 19. The number of unbranched alkanes of at least 4 members (excludes halogenated alkanes) is 7. The molecule has 2 fully saturated rings. The van der Waals surface area contributed by atoms with Crippen LogP contribution < -0.4 is 26.0 Å². The molecule has 4 rings (SSSR count). The van der Waals surface area contributed by atoms with Crippen molar-refractivity contribution < 1.29 is 79.0 Å². The number of carbonyl (C=O) groups excluding carboxylic acids is 2. The maximum atomic E-state index is 13.5. The number of carbonyl (C=O) groups is 2. The van der Waals surface area contributed by atoms with Crippen LogP contribution in [0.4, 0.5) is 47.3 Å². The molecule has 9 N–H and O–H groups in total. The molecule has 2 aliphatic rings. The minimum atomic E-state index is -4.76. The van der Waals surface area contributed by atoms with Gasteiger partial charge in [0.05, 0.1) is 54.9 Å². The Balaban J connectivity index is 1.62. The minimum Gasteiger partial charge on any atom is -0.394 e. The molecule has 2 aromatic carbocycles. The summed E-state index contributed by atoms with van der Waals surface area (Å²) in [5, 5.41) is 51.3. The molecule has 344 valence electrons. The van der Waals surface area contributed by atoms with E-state index in [0.29, 0.717) is 18.6 Å². The highest BCUT2D eigenvalue weighted by Crippen LogP contribution is 2.33. The Bertz CT molecular complexity index is 1830. The number of anilines is 2. The average Bonchev–Trinajstić information content (AvgIpc) is 3.19. The zero-order chi connectivity index (χ0) is 45.0. The molecule has 0 bridgehead atoms. The van der Waals surface area contributed by atoms with Crippen LogP contribution in [0.1, 0.15) is 69.4 Å². The number of hydrogen-bond donors (Lipinski definition) is 9. The van der Waals surface area contributed by atoms with E-state index in [0.717, 1.165) is 68.9 Å². The second-order valence-electron chi connectivity index (χ2n) is 14.8. The van der Waals surface area contributed by atoms with E-state index < -0.39 is 120 Å². The fourth-order valence-electron chi connectivity index (χ4n) is 6.90. The maximum absolute atomic E-state index is 13.5. The lowest BCUT2D eigenvalue weighted by Crippen LogP contribution is -2.70. The van der Waals surface area contributed by atoms with Crippen LogP contribution in [-0.2, 0) is 36.6 Å². The van der Waals surface area contributed by atoms with Gasteiger partial charge in [0.15, 0.2) is 6.29 Å². The van der Waals surface area contributed by atoms with E-state index in [-0.39, 0.29) is 23.5 Å². The van der Waals surface area contributed by atoms with E-state index >= 15 is 0 Å². The Labute approximate surface area is 348 Å². The van der Waals surface area contributed by atoms with Crippen molar-refractivity contribution in [1.82, 2.24) is 15.4 Å². The Morgan fingerprint density at radius 2 is 1.28 bits per heavy atom. The molecule has 2 aliphatic heterocycles. The van der Waals surface area contributed by atoms with Crippen molar-refractivity contribution >= 4 is 33.5 Å². The molecule has 61 heavy (non-hydrogen) atoms. The van der Waals surface area contributed by atoms with Gasteiger partial charge in [0, 0.05) is 11.4 Å². The normalized spacial score (nSPS) is 26.0. The standard InChI is InChI=1S/C38H53F6N5O11S/c1-2-3-4-5-6-7-8-9-16-61(56,57)49-29-27(19-50)58-21-26(47-35(54)45-24-14-10-12-22(17-24)37(39,40)41)33(29)60-34-30(32(53)31(52)28(20-51)59-34)48-36(55)46-25-15-11-13-23(18-25)38(42,43)44/h10-15,17-18,26-34,49-53H,2-9,16,19-21H2,1H3,(H2,45,47,54)(H2,46,48,55)/t26?,27?,28?,29-,30?,31+,32+,33+,34-/m0/s1. The predicted molar refractivity (Wildman–Crippen MR) is 208 cm³/mol. The van der Waals surface area contributed by atoms with Crippen molar-refractivity contribution in [2.45, 2.75) is 126 Å². The fraction of sp³-hybridized carbons (Fsp3) is 0.632. The van der Waals surface area contributed by atoms with E-state index in [2.05, 4.69) is 32.9 Å². The molecule has 0 aliphatic carbocycles. The summed E-state index contributed by atoms with van der Waals surface area (Å²) < 4.78 is 127. The number of hydrogen-bond acceptors (Lipinski definition) is 11. The summed E-state index contributed by atoms with van der Waals surface area (Å²) in [6.45, 7) is -0.174. The average molecular weight is 902 g/mol. The molecule has 4 amide bonds. The Hall–Kier alpha value is -3.81. The van der Waals surface area contributed by atoms with E-state index in [1.807, 2.05) is 0 Å². The molecule has 16 nitrogen and oxygen atoms in total. The lowest BCUT2D eigenvalue weighted by molar-refractivity contribution is -0.293. The highest BCUT2D eigenvalue weighted by molar-refractivity contribution is 7.89. The number of ether oxygens (including phenoxy) is 3. The zero-order valence-electron chi connectivity index (χ0n) is 33.1. The Kier molecular flexibility index (Phi) is 18.4. The quantitative estimate of drug-likeness (QED) is 0.0721. The van der Waals surface area contributed by atoms with Gasteiger partial charge in [-0.3, -0.25) is 0 Å². The van der Waals surface area contributed by atoms with Gasteiger partial charge < -0.3 is 55.9 Å². The molecule has 0 spiro atoms. The number of amides is 4. The molecule has 9 atom stereocenters. The number of urea groups is 2. The number of halogens is 6. The highest BCUT2D eigenvalue weighted by Gasteiger charge is 2.51. The van der Waals surface area contributed by atoms with Crippen LogP contribution in [0.2, 0.25) is 0 Å². The van der Waals surface area contributed by atoms with Crippen molar-refractivity contribution in [3.63, 3.8) is 0 Å². The second kappa shape index (κ2) is 22.5. The molecule has 2 aromatic rings. The Morgan fingerprint density at radius 3 is 1.80 bits per heavy atom. The number of aliphatic hydroxyl groups excluding tert-OH is 4. The molecule has 0 saturated carbocycles. The number of aliphatic hydroxyl groups is 4. The number of alkyl halides is 6. The summed E-state index contributed by atoms with van der Waals surface area (Å²) in [5.74, 6) is -0.380. The van der Waals surface area contributed by atoms with Crippen molar-refractivity contribution in [3.8, 4) is 0 Å². The summed E-state index contributed by atoms with van der Waals surface area (Å²) in [4.78, 5) is 26.5. The topological polar surface area (TPSA) is 237 Å². The van der Waals surface area contributed by atoms with Crippen LogP contribution in [0.3, 0.4) is 0 Å². The smallest absolute Gasteiger partial charge is 0.394 e. The first-order chi connectivity index (χ1) is 28.8. The third-order valence-corrected chi connectivity index (χ3v) is 11.5. The zero-order valence-corrected chi connectivity index (χ0v) is 33.9. The van der Waals surface area contributed by atoms with Gasteiger partial charge >= 0.3 is 24.4 Å². The molecular weight excluding hydrogens is 848 g/mol. The van der Waals surface area contributed by atoms with Crippen LogP contribution in [0.25, 0.3) is 0 Å². The summed E-state index contributed by atoms with van der Waals surface area (Å²) in [6.07, 6.45) is -13.2. The molecule has 2 heterocycles. The van der Waals surface area contributed by atoms with Crippen LogP contribution in [0.15, 0.2) is 48.5 Å². The summed E-state index contributed by atoms with van der Waals surface area (Å²) in [7, 11) is -4.22. The monoisotopic (exact) mass is 901 g/mol. The minimum absolute atomic E-state index is 0.244.